The summed E-state index contributed by atoms with van der Waals surface area (Å²) in [6, 6.07) is 20.8. The predicted molar refractivity (Wildman–Crippen MR) is 160 cm³/mol. The van der Waals surface area contributed by atoms with Gasteiger partial charge in [-0.05, 0) is 72.7 Å². The summed E-state index contributed by atoms with van der Waals surface area (Å²) in [5, 5.41) is 8.34. The molecule has 0 unspecified atom stereocenters. The number of anilines is 1. The van der Waals surface area contributed by atoms with E-state index in [1.807, 2.05) is 66.7 Å². The molecule has 0 bridgehead atoms. The van der Waals surface area contributed by atoms with E-state index in [1.54, 1.807) is 32.9 Å². The van der Waals surface area contributed by atoms with Crippen molar-refractivity contribution in [3.8, 4) is 16.9 Å². The van der Waals surface area contributed by atoms with Crippen molar-refractivity contribution in [1.82, 2.24) is 16.0 Å². The van der Waals surface area contributed by atoms with Crippen LogP contribution in [0.3, 0.4) is 0 Å². The maximum atomic E-state index is 13.9. The normalized spacial score (nSPS) is 15.0. The van der Waals surface area contributed by atoms with Crippen LogP contribution in [0.15, 0.2) is 66.7 Å². The van der Waals surface area contributed by atoms with E-state index in [2.05, 4.69) is 16.0 Å². The van der Waals surface area contributed by atoms with Gasteiger partial charge >= 0.3 is 6.03 Å². The molecule has 4 amide bonds. The number of hydrogen-bond donors (Lipinski definition) is 4. The Morgan fingerprint density at radius 3 is 2.49 bits per heavy atom. The Balaban J connectivity index is 1.59. The number of methoxy groups -OCH3 is 1. The first-order valence-corrected chi connectivity index (χ1v) is 13.8. The van der Waals surface area contributed by atoms with Crippen LogP contribution in [0.25, 0.3) is 11.1 Å². The van der Waals surface area contributed by atoms with Gasteiger partial charge in [0.15, 0.2) is 0 Å². The van der Waals surface area contributed by atoms with Gasteiger partial charge in [0.2, 0.25) is 11.8 Å². The third-order valence-corrected chi connectivity index (χ3v) is 7.08. The van der Waals surface area contributed by atoms with Gasteiger partial charge in [0.05, 0.1) is 13.7 Å². The molecule has 216 valence electrons. The minimum absolute atomic E-state index is 0.124. The number of ether oxygens (including phenoxy) is 1. The molecule has 1 aliphatic rings. The van der Waals surface area contributed by atoms with Gasteiger partial charge in [0.1, 0.15) is 11.8 Å². The molecule has 9 nitrogen and oxygen atoms in total. The quantitative estimate of drug-likeness (QED) is 0.318. The van der Waals surface area contributed by atoms with E-state index in [0.717, 1.165) is 39.3 Å². The third kappa shape index (κ3) is 7.64. The fourth-order valence-electron chi connectivity index (χ4n) is 5.03. The molecular formula is C32H39N5O4. The number of carbonyl (C=O) groups is 3. The molecule has 9 heteroatoms. The van der Waals surface area contributed by atoms with Crippen LogP contribution < -0.4 is 31.3 Å². The molecule has 0 aromatic heterocycles. The molecule has 0 saturated carbocycles. The van der Waals surface area contributed by atoms with Crippen LogP contribution in [-0.2, 0) is 29.1 Å². The molecule has 3 aromatic carbocycles. The lowest BCUT2D eigenvalue weighted by Crippen LogP contribution is -2.49. The zero-order valence-electron chi connectivity index (χ0n) is 24.1. The molecule has 0 fully saturated rings. The number of benzene rings is 3. The second-order valence-corrected chi connectivity index (χ2v) is 11.0. The van der Waals surface area contributed by atoms with Crippen molar-refractivity contribution < 1.29 is 19.1 Å². The lowest BCUT2D eigenvalue weighted by atomic mass is 9.98. The Labute approximate surface area is 241 Å². The molecule has 4 rings (SSSR count). The standard InChI is InChI=1S/C32H39N5O4/c1-32(2,33)18-29(38)36-27-15-13-23-17-25(41-4)14-16-28(23)37(30(27)39)20-21-9-11-22(12-10-21)26-8-6-5-7-24(26)19-35-31(40)34-3/h5-12,14,16-17,27H,13,15,18-20,33H2,1-4H3,(H,36,38)(H2,34,35,40)/t27-/m1/s1. The molecular weight excluding hydrogens is 518 g/mol. The summed E-state index contributed by atoms with van der Waals surface area (Å²) in [6.45, 7) is 4.31. The monoisotopic (exact) mass is 557 g/mol. The molecule has 1 heterocycles. The van der Waals surface area contributed by atoms with Crippen molar-refractivity contribution in [3.05, 3.63) is 83.4 Å². The predicted octanol–water partition coefficient (Wildman–Crippen LogP) is 3.88. The Kier molecular flexibility index (Phi) is 9.29. The zero-order valence-corrected chi connectivity index (χ0v) is 24.1. The van der Waals surface area contributed by atoms with Gasteiger partial charge in [-0.25, -0.2) is 4.79 Å². The molecule has 1 atom stereocenters. The van der Waals surface area contributed by atoms with E-state index >= 15 is 0 Å². The third-order valence-electron chi connectivity index (χ3n) is 7.08. The van der Waals surface area contributed by atoms with Crippen LogP contribution in [0.1, 0.15) is 43.4 Å². The second kappa shape index (κ2) is 12.9. The van der Waals surface area contributed by atoms with Crippen LogP contribution in [0.2, 0.25) is 0 Å². The first-order valence-electron chi connectivity index (χ1n) is 13.8. The maximum absolute atomic E-state index is 13.9. The van der Waals surface area contributed by atoms with E-state index in [9.17, 15) is 14.4 Å². The van der Waals surface area contributed by atoms with Crippen molar-refractivity contribution >= 4 is 23.5 Å². The first kappa shape index (κ1) is 29.6. The van der Waals surface area contributed by atoms with Gasteiger partial charge in [-0.3, -0.25) is 9.59 Å². The minimum Gasteiger partial charge on any atom is -0.497 e. The van der Waals surface area contributed by atoms with Crippen molar-refractivity contribution in [2.24, 2.45) is 5.73 Å². The Morgan fingerprint density at radius 2 is 1.80 bits per heavy atom. The summed E-state index contributed by atoms with van der Waals surface area (Å²) in [5.74, 6) is 0.317. The number of nitrogens with two attached hydrogens (primary N) is 1. The Hall–Kier alpha value is -4.37. The number of aryl methyl sites for hydroxylation is 1. The van der Waals surface area contributed by atoms with Gasteiger partial charge < -0.3 is 31.3 Å². The van der Waals surface area contributed by atoms with E-state index in [1.165, 1.54) is 0 Å². The van der Waals surface area contributed by atoms with Crippen LogP contribution in [0.5, 0.6) is 5.75 Å². The molecule has 41 heavy (non-hydrogen) atoms. The Morgan fingerprint density at radius 1 is 1.07 bits per heavy atom. The lowest BCUT2D eigenvalue weighted by molar-refractivity contribution is -0.128. The van der Waals surface area contributed by atoms with Crippen LogP contribution >= 0.6 is 0 Å². The van der Waals surface area contributed by atoms with Gasteiger partial charge in [-0.15, -0.1) is 0 Å². The summed E-state index contributed by atoms with van der Waals surface area (Å²) in [7, 11) is 3.20. The second-order valence-electron chi connectivity index (χ2n) is 11.0. The molecule has 1 aliphatic heterocycles. The molecule has 0 aliphatic carbocycles. The first-order chi connectivity index (χ1) is 19.6. The number of nitrogens with one attached hydrogen (secondary N) is 3. The fraction of sp³-hybridized carbons (Fsp3) is 0.344. The molecule has 5 N–H and O–H groups in total. The zero-order chi connectivity index (χ0) is 29.6. The highest BCUT2D eigenvalue weighted by Crippen LogP contribution is 2.32. The summed E-state index contributed by atoms with van der Waals surface area (Å²) < 4.78 is 5.44. The van der Waals surface area contributed by atoms with Crippen LogP contribution in [0, 0.1) is 0 Å². The number of fused-ring (bicyclic) bond motifs is 1. The minimum atomic E-state index is -0.674. The lowest BCUT2D eigenvalue weighted by Gasteiger charge is -2.27. The van der Waals surface area contributed by atoms with Crippen LogP contribution in [-0.4, -0.2) is 43.6 Å². The van der Waals surface area contributed by atoms with Crippen molar-refractivity contribution in [2.45, 2.75) is 57.8 Å². The van der Waals surface area contributed by atoms with E-state index in [0.29, 0.717) is 25.9 Å². The van der Waals surface area contributed by atoms with Crippen molar-refractivity contribution in [2.75, 3.05) is 19.1 Å². The summed E-state index contributed by atoms with van der Waals surface area (Å²) in [6.07, 6.45) is 1.22. The smallest absolute Gasteiger partial charge is 0.314 e. The number of amides is 4. The fourth-order valence-corrected chi connectivity index (χ4v) is 5.03. The Bertz CT molecular complexity index is 1400. The number of rotatable bonds is 9. The maximum Gasteiger partial charge on any atom is 0.314 e. The molecule has 0 spiro atoms. The average Bonchev–Trinajstić information content (AvgIpc) is 3.07. The highest BCUT2D eigenvalue weighted by atomic mass is 16.5. The number of nitrogens with zero attached hydrogens (tertiary/aromatic N) is 1. The van der Waals surface area contributed by atoms with Crippen LogP contribution in [0.4, 0.5) is 10.5 Å². The summed E-state index contributed by atoms with van der Waals surface area (Å²) in [5.41, 5.74) is 11.1. The highest BCUT2D eigenvalue weighted by molar-refractivity contribution is 6.00. The summed E-state index contributed by atoms with van der Waals surface area (Å²) >= 11 is 0. The summed E-state index contributed by atoms with van der Waals surface area (Å²) in [4.78, 5) is 40.0. The number of urea groups is 1. The number of carbonyl (C=O) groups excluding carboxylic acids is 3. The molecule has 0 radical (unpaired) electrons. The highest BCUT2D eigenvalue weighted by Gasteiger charge is 2.32. The molecule has 0 saturated heterocycles. The van der Waals surface area contributed by atoms with Gasteiger partial charge in [-0.1, -0.05) is 48.5 Å². The van der Waals surface area contributed by atoms with E-state index in [-0.39, 0.29) is 24.3 Å². The largest absolute Gasteiger partial charge is 0.497 e. The van der Waals surface area contributed by atoms with Gasteiger partial charge in [0, 0.05) is 31.2 Å². The number of hydrogen-bond acceptors (Lipinski definition) is 5. The SMILES string of the molecule is CNC(=O)NCc1ccccc1-c1ccc(CN2C(=O)[C@H](NC(=O)CC(C)(C)N)CCc3cc(OC)ccc32)cc1. The van der Waals surface area contributed by atoms with Gasteiger partial charge in [0.25, 0.3) is 0 Å². The average molecular weight is 558 g/mol. The van der Waals surface area contributed by atoms with E-state index in [4.69, 9.17) is 10.5 Å². The van der Waals surface area contributed by atoms with Crippen molar-refractivity contribution in [1.29, 1.82) is 0 Å². The topological polar surface area (TPSA) is 126 Å². The van der Waals surface area contributed by atoms with Crippen molar-refractivity contribution in [3.63, 3.8) is 0 Å². The molecule has 3 aromatic rings. The van der Waals surface area contributed by atoms with E-state index < -0.39 is 11.6 Å². The van der Waals surface area contributed by atoms with Gasteiger partial charge in [-0.2, -0.15) is 0 Å².